The normalized spacial score (nSPS) is 11.1. The van der Waals surface area contributed by atoms with Crippen LogP contribution in [0.1, 0.15) is 36.8 Å². The van der Waals surface area contributed by atoms with Gasteiger partial charge in [-0.05, 0) is 86.3 Å². The van der Waals surface area contributed by atoms with Crippen molar-refractivity contribution in [2.75, 3.05) is 13.7 Å². The molecule has 35 heavy (non-hydrogen) atoms. The first-order chi connectivity index (χ1) is 17.0. The number of nitrogens with zero attached hydrogens (tertiary/aromatic N) is 2. The molecule has 0 saturated heterocycles. The summed E-state index contributed by atoms with van der Waals surface area (Å²) in [4.78, 5) is 18.2. The lowest BCUT2D eigenvalue weighted by Crippen LogP contribution is -2.23. The first-order valence-electron chi connectivity index (χ1n) is 12.0. The van der Waals surface area contributed by atoms with Crippen LogP contribution in [-0.2, 0) is 6.54 Å². The van der Waals surface area contributed by atoms with Gasteiger partial charge in [-0.25, -0.2) is 4.98 Å². The molecule has 4 aromatic rings. The molecule has 4 rings (SSSR count). The van der Waals surface area contributed by atoms with E-state index in [1.807, 2.05) is 53.1 Å². The highest BCUT2D eigenvalue weighted by molar-refractivity contribution is 9.10. The zero-order valence-corrected chi connectivity index (χ0v) is 22.1. The van der Waals surface area contributed by atoms with E-state index in [1.165, 1.54) is 0 Å². The van der Waals surface area contributed by atoms with Crippen LogP contribution in [-0.4, -0.2) is 23.3 Å². The first kappa shape index (κ1) is 25.0. The van der Waals surface area contributed by atoms with E-state index in [0.717, 1.165) is 63.9 Å². The van der Waals surface area contributed by atoms with E-state index in [2.05, 4.69) is 41.9 Å². The third kappa shape index (κ3) is 5.93. The van der Waals surface area contributed by atoms with Crippen LogP contribution in [0.5, 0.6) is 11.5 Å². The number of aryl methyl sites for hydroxylation is 2. The van der Waals surface area contributed by atoms with Crippen LogP contribution >= 0.6 is 15.9 Å². The molecule has 0 saturated carbocycles. The minimum absolute atomic E-state index is 0.00550. The van der Waals surface area contributed by atoms with Crippen LogP contribution in [0.25, 0.3) is 22.3 Å². The van der Waals surface area contributed by atoms with Crippen LogP contribution in [0, 0.1) is 13.8 Å². The summed E-state index contributed by atoms with van der Waals surface area (Å²) in [7, 11) is 1.64. The molecule has 182 valence electrons. The molecule has 0 radical (unpaired) electrons. The fraction of sp³-hybridized carbons (Fsp3) is 0.310. The molecule has 0 aliphatic carbocycles. The lowest BCUT2D eigenvalue weighted by atomic mass is 10.1. The summed E-state index contributed by atoms with van der Waals surface area (Å²) in [5, 5.41) is 0.651. The predicted octanol–water partition coefficient (Wildman–Crippen LogP) is 7.09. The van der Waals surface area contributed by atoms with Gasteiger partial charge in [-0.15, -0.1) is 0 Å². The van der Waals surface area contributed by atoms with Gasteiger partial charge >= 0.3 is 0 Å². The molecule has 0 bridgehead atoms. The fourth-order valence-electron chi connectivity index (χ4n) is 4.36. The standard InChI is InChI=1S/C29H31BrN2O3/c1-20-18-23(30)19-21(2)27(20)35-17-9-5-4-8-16-32-28(22-12-14-24(34-3)15-13-22)31-26-11-7-6-10-25(26)29(32)33/h6-7,10-15,18-19H,4-5,8-9,16-17H2,1-3H3. The second kappa shape index (κ2) is 11.5. The van der Waals surface area contributed by atoms with Crippen LogP contribution in [0.15, 0.2) is 69.9 Å². The minimum Gasteiger partial charge on any atom is -0.497 e. The molecule has 1 heterocycles. The maximum atomic E-state index is 13.3. The zero-order chi connectivity index (χ0) is 24.8. The summed E-state index contributed by atoms with van der Waals surface area (Å²) in [5.74, 6) is 2.45. The molecule has 0 spiro atoms. The quantitative estimate of drug-likeness (QED) is 0.204. The van der Waals surface area contributed by atoms with Gasteiger partial charge in [0.1, 0.15) is 17.3 Å². The molecule has 5 nitrogen and oxygen atoms in total. The van der Waals surface area contributed by atoms with Gasteiger partial charge in [0, 0.05) is 16.6 Å². The maximum absolute atomic E-state index is 13.3. The summed E-state index contributed by atoms with van der Waals surface area (Å²) in [6, 6.07) is 19.4. The number of rotatable bonds is 10. The van der Waals surface area contributed by atoms with Crippen molar-refractivity contribution in [3.63, 3.8) is 0 Å². The molecule has 0 fully saturated rings. The van der Waals surface area contributed by atoms with Crippen molar-refractivity contribution >= 4 is 26.8 Å². The summed E-state index contributed by atoms with van der Waals surface area (Å²) in [6.45, 7) is 5.47. The van der Waals surface area contributed by atoms with E-state index in [4.69, 9.17) is 14.5 Å². The second-order valence-corrected chi connectivity index (χ2v) is 9.68. The maximum Gasteiger partial charge on any atom is 0.261 e. The van der Waals surface area contributed by atoms with Crippen molar-refractivity contribution in [3.05, 3.63) is 86.6 Å². The number of unbranched alkanes of at least 4 members (excludes halogenated alkanes) is 3. The lowest BCUT2D eigenvalue weighted by molar-refractivity contribution is 0.300. The Balaban J connectivity index is 1.40. The average molecular weight is 535 g/mol. The van der Waals surface area contributed by atoms with Gasteiger partial charge < -0.3 is 9.47 Å². The number of hydrogen-bond donors (Lipinski definition) is 0. The summed E-state index contributed by atoms with van der Waals surface area (Å²) in [5.41, 5.74) is 3.92. The van der Waals surface area contributed by atoms with E-state index in [0.29, 0.717) is 24.4 Å². The van der Waals surface area contributed by atoms with Crippen molar-refractivity contribution in [1.29, 1.82) is 0 Å². The Morgan fingerprint density at radius 3 is 2.31 bits per heavy atom. The molecular formula is C29H31BrN2O3. The van der Waals surface area contributed by atoms with Gasteiger partial charge in [0.15, 0.2) is 0 Å². The second-order valence-electron chi connectivity index (χ2n) is 8.77. The minimum atomic E-state index is 0.00550. The van der Waals surface area contributed by atoms with E-state index in [-0.39, 0.29) is 5.56 Å². The monoisotopic (exact) mass is 534 g/mol. The van der Waals surface area contributed by atoms with E-state index in [1.54, 1.807) is 7.11 Å². The van der Waals surface area contributed by atoms with Crippen molar-refractivity contribution < 1.29 is 9.47 Å². The van der Waals surface area contributed by atoms with Crippen LogP contribution < -0.4 is 15.0 Å². The van der Waals surface area contributed by atoms with Gasteiger partial charge in [0.25, 0.3) is 5.56 Å². The average Bonchev–Trinajstić information content (AvgIpc) is 2.85. The Labute approximate surface area is 214 Å². The largest absolute Gasteiger partial charge is 0.497 e. The third-order valence-corrected chi connectivity index (χ3v) is 6.62. The molecule has 0 unspecified atom stereocenters. The molecule has 1 aromatic heterocycles. The zero-order valence-electron chi connectivity index (χ0n) is 20.5. The number of benzene rings is 3. The highest BCUT2D eigenvalue weighted by Gasteiger charge is 2.13. The van der Waals surface area contributed by atoms with Crippen molar-refractivity contribution in [2.24, 2.45) is 0 Å². The molecule has 0 aliphatic rings. The molecule has 0 N–H and O–H groups in total. The van der Waals surface area contributed by atoms with Crippen molar-refractivity contribution in [2.45, 2.75) is 46.1 Å². The van der Waals surface area contributed by atoms with E-state index in [9.17, 15) is 4.79 Å². The van der Waals surface area contributed by atoms with Crippen LogP contribution in [0.4, 0.5) is 0 Å². The van der Waals surface area contributed by atoms with Gasteiger partial charge in [0.05, 0.1) is 24.6 Å². The Bertz CT molecular complexity index is 1340. The number of hydrogen-bond acceptors (Lipinski definition) is 4. The van der Waals surface area contributed by atoms with Crippen LogP contribution in [0.3, 0.4) is 0 Å². The highest BCUT2D eigenvalue weighted by atomic mass is 79.9. The summed E-state index contributed by atoms with van der Waals surface area (Å²) >= 11 is 3.53. The molecule has 3 aromatic carbocycles. The number of halogens is 1. The molecule has 0 aliphatic heterocycles. The highest BCUT2D eigenvalue weighted by Crippen LogP contribution is 2.27. The van der Waals surface area contributed by atoms with Gasteiger partial charge in [-0.2, -0.15) is 0 Å². The lowest BCUT2D eigenvalue weighted by Gasteiger charge is -2.14. The number of methoxy groups -OCH3 is 1. The summed E-state index contributed by atoms with van der Waals surface area (Å²) in [6.07, 6.45) is 3.94. The molecule has 6 heteroatoms. The Morgan fingerprint density at radius 1 is 0.914 bits per heavy atom. The molecule has 0 amide bonds. The Kier molecular flexibility index (Phi) is 8.24. The summed E-state index contributed by atoms with van der Waals surface area (Å²) < 4.78 is 14.2. The molecular weight excluding hydrogens is 504 g/mol. The number of aromatic nitrogens is 2. The Hall–Kier alpha value is -3.12. The predicted molar refractivity (Wildman–Crippen MR) is 146 cm³/mol. The Morgan fingerprint density at radius 2 is 1.60 bits per heavy atom. The topological polar surface area (TPSA) is 53.3 Å². The fourth-order valence-corrected chi connectivity index (χ4v) is 5.05. The van der Waals surface area contributed by atoms with E-state index >= 15 is 0 Å². The van der Waals surface area contributed by atoms with Gasteiger partial charge in [-0.3, -0.25) is 9.36 Å². The number of fused-ring (bicyclic) bond motifs is 1. The van der Waals surface area contributed by atoms with Gasteiger partial charge in [-0.1, -0.05) is 40.9 Å². The van der Waals surface area contributed by atoms with Gasteiger partial charge in [0.2, 0.25) is 0 Å². The SMILES string of the molecule is COc1ccc(-c2nc3ccccc3c(=O)n2CCCCCCOc2c(C)cc(Br)cc2C)cc1. The number of para-hydroxylation sites is 1. The van der Waals surface area contributed by atoms with Crippen molar-refractivity contribution in [3.8, 4) is 22.9 Å². The van der Waals surface area contributed by atoms with Crippen LogP contribution in [0.2, 0.25) is 0 Å². The third-order valence-electron chi connectivity index (χ3n) is 6.16. The smallest absolute Gasteiger partial charge is 0.261 e. The molecule has 0 atom stereocenters. The van der Waals surface area contributed by atoms with E-state index < -0.39 is 0 Å². The van der Waals surface area contributed by atoms with Crippen molar-refractivity contribution in [1.82, 2.24) is 9.55 Å². The number of ether oxygens (including phenoxy) is 2. The first-order valence-corrected chi connectivity index (χ1v) is 12.8.